The molecule has 0 unspecified atom stereocenters. The van der Waals surface area contributed by atoms with Crippen LogP contribution in [-0.4, -0.2) is 33.6 Å². The molecule has 0 aliphatic rings. The van der Waals surface area contributed by atoms with Crippen LogP contribution in [0.25, 0.3) is 24.3 Å². The largest absolute Gasteiger partial charge is 0.493 e. The fourth-order valence-corrected chi connectivity index (χ4v) is 2.80. The fraction of sp³-hybridized carbons (Fsp3) is 0.174. The van der Waals surface area contributed by atoms with Crippen molar-refractivity contribution in [1.29, 1.82) is 0 Å². The zero-order chi connectivity index (χ0) is 22.4. The maximum atomic E-state index is 14.2. The molecule has 162 valence electrons. The molecule has 0 atom stereocenters. The lowest BCUT2D eigenvalue weighted by molar-refractivity contribution is 0.352. The van der Waals surface area contributed by atoms with Crippen molar-refractivity contribution < 1.29 is 32.3 Å². The van der Waals surface area contributed by atoms with Gasteiger partial charge in [0.05, 0.1) is 28.4 Å². The maximum Gasteiger partial charge on any atom is 0.163 e. The van der Waals surface area contributed by atoms with E-state index >= 15 is 0 Å². The second kappa shape index (κ2) is 9.80. The van der Waals surface area contributed by atoms with E-state index in [2.05, 4.69) is 5.16 Å². The fourth-order valence-electron chi connectivity index (χ4n) is 2.80. The van der Waals surface area contributed by atoms with Crippen molar-refractivity contribution in [3.63, 3.8) is 0 Å². The van der Waals surface area contributed by atoms with Crippen molar-refractivity contribution in [3.05, 3.63) is 64.5 Å². The first kappa shape index (κ1) is 21.9. The summed E-state index contributed by atoms with van der Waals surface area (Å²) in [5, 5.41) is 3.90. The van der Waals surface area contributed by atoms with Gasteiger partial charge in [0.1, 0.15) is 17.3 Å². The van der Waals surface area contributed by atoms with E-state index in [1.807, 2.05) is 0 Å². The Balaban J connectivity index is 1.78. The topological polar surface area (TPSA) is 63.0 Å². The van der Waals surface area contributed by atoms with Gasteiger partial charge in [-0.1, -0.05) is 5.16 Å². The third-order valence-corrected chi connectivity index (χ3v) is 4.41. The first-order chi connectivity index (χ1) is 15.0. The highest BCUT2D eigenvalue weighted by molar-refractivity contribution is 5.73. The minimum absolute atomic E-state index is 0.290. The molecule has 1 aromatic heterocycles. The molecule has 0 saturated carbocycles. The summed E-state index contributed by atoms with van der Waals surface area (Å²) in [5.41, 5.74) is 1.05. The number of rotatable bonds is 8. The van der Waals surface area contributed by atoms with E-state index in [4.69, 9.17) is 23.5 Å². The molecule has 0 aliphatic heterocycles. The average molecular weight is 429 g/mol. The quantitative estimate of drug-likeness (QED) is 0.482. The highest BCUT2D eigenvalue weighted by atomic mass is 19.1. The van der Waals surface area contributed by atoms with Gasteiger partial charge in [0.25, 0.3) is 0 Å². The van der Waals surface area contributed by atoms with Crippen LogP contribution in [0.15, 0.2) is 34.9 Å². The monoisotopic (exact) mass is 429 g/mol. The Morgan fingerprint density at radius 1 is 0.645 bits per heavy atom. The molecule has 0 radical (unpaired) electrons. The van der Waals surface area contributed by atoms with E-state index in [9.17, 15) is 8.78 Å². The van der Waals surface area contributed by atoms with Crippen molar-refractivity contribution in [3.8, 4) is 23.0 Å². The van der Waals surface area contributed by atoms with Crippen molar-refractivity contribution in [2.24, 2.45) is 0 Å². The molecule has 0 N–H and O–H groups in total. The predicted molar refractivity (Wildman–Crippen MR) is 113 cm³/mol. The molecule has 6 nitrogen and oxygen atoms in total. The van der Waals surface area contributed by atoms with Gasteiger partial charge >= 0.3 is 0 Å². The van der Waals surface area contributed by atoms with Gasteiger partial charge < -0.3 is 23.5 Å². The number of methoxy groups -OCH3 is 4. The van der Waals surface area contributed by atoms with Crippen LogP contribution in [0.4, 0.5) is 8.78 Å². The zero-order valence-electron chi connectivity index (χ0n) is 17.4. The van der Waals surface area contributed by atoms with Crippen LogP contribution >= 0.6 is 0 Å². The first-order valence-corrected chi connectivity index (χ1v) is 9.15. The highest BCUT2D eigenvalue weighted by Gasteiger charge is 2.11. The smallest absolute Gasteiger partial charge is 0.163 e. The minimum Gasteiger partial charge on any atom is -0.493 e. The Labute approximate surface area is 178 Å². The van der Waals surface area contributed by atoms with E-state index in [0.29, 0.717) is 45.6 Å². The van der Waals surface area contributed by atoms with E-state index in [0.717, 1.165) is 0 Å². The molecule has 3 rings (SSSR count). The molecule has 1 heterocycles. The molecular weight excluding hydrogens is 408 g/mol. The van der Waals surface area contributed by atoms with E-state index in [1.165, 1.54) is 64.9 Å². The summed E-state index contributed by atoms with van der Waals surface area (Å²) in [5.74, 6) is 0.853. The second-order valence-electron chi connectivity index (χ2n) is 6.28. The van der Waals surface area contributed by atoms with Crippen molar-refractivity contribution >= 4 is 24.3 Å². The van der Waals surface area contributed by atoms with Gasteiger partial charge in [-0.2, -0.15) is 0 Å². The SMILES string of the molecule is COc1cc(F)c(C=Cc2cc(C=Cc3cc(OC)c(OC)cc3F)on2)cc1OC. The van der Waals surface area contributed by atoms with E-state index in [-0.39, 0.29) is 0 Å². The summed E-state index contributed by atoms with van der Waals surface area (Å²) in [6.07, 6.45) is 6.21. The minimum atomic E-state index is -0.475. The summed E-state index contributed by atoms with van der Waals surface area (Å²) in [7, 11) is 5.82. The Kier molecular flexibility index (Phi) is 6.92. The number of ether oxygens (including phenoxy) is 4. The van der Waals surface area contributed by atoms with Crippen LogP contribution in [0, 0.1) is 11.6 Å². The number of hydrogen-bond donors (Lipinski definition) is 0. The molecule has 31 heavy (non-hydrogen) atoms. The summed E-state index contributed by atoms with van der Waals surface area (Å²) in [6.45, 7) is 0. The van der Waals surface area contributed by atoms with Crippen LogP contribution in [0.1, 0.15) is 22.6 Å². The molecule has 0 saturated heterocycles. The third-order valence-electron chi connectivity index (χ3n) is 4.41. The number of halogens is 2. The van der Waals surface area contributed by atoms with Gasteiger partial charge in [-0.3, -0.25) is 0 Å². The van der Waals surface area contributed by atoms with Crippen LogP contribution in [0.2, 0.25) is 0 Å². The molecule has 0 amide bonds. The maximum absolute atomic E-state index is 14.2. The Morgan fingerprint density at radius 3 is 1.58 bits per heavy atom. The predicted octanol–water partition coefficient (Wildman–Crippen LogP) is 5.33. The molecular formula is C23H21F2NO5. The van der Waals surface area contributed by atoms with E-state index < -0.39 is 11.6 Å². The Hall–Kier alpha value is -3.81. The summed E-state index contributed by atoms with van der Waals surface area (Å²) in [4.78, 5) is 0. The van der Waals surface area contributed by atoms with Gasteiger partial charge in [-0.15, -0.1) is 0 Å². The molecule has 3 aromatic rings. The van der Waals surface area contributed by atoms with Crippen LogP contribution in [0.5, 0.6) is 23.0 Å². The number of nitrogens with zero attached hydrogens (tertiary/aromatic N) is 1. The lowest BCUT2D eigenvalue weighted by Crippen LogP contribution is -1.93. The third kappa shape index (κ3) is 5.03. The Morgan fingerprint density at radius 2 is 1.10 bits per heavy atom. The standard InChI is InChI=1S/C23H21F2NO5/c1-27-20-9-14(18(24)12-22(20)29-3)5-7-16-11-17(31-26-16)8-6-15-10-21(28-2)23(30-4)13-19(15)25/h5-13H,1-4H3. The van der Waals surface area contributed by atoms with Gasteiger partial charge in [-0.05, 0) is 36.4 Å². The van der Waals surface area contributed by atoms with Crippen LogP contribution < -0.4 is 18.9 Å². The summed E-state index contributed by atoms with van der Waals surface area (Å²) >= 11 is 0. The normalized spacial score (nSPS) is 11.3. The molecule has 8 heteroatoms. The molecule has 0 aliphatic carbocycles. The van der Waals surface area contributed by atoms with Gasteiger partial charge in [-0.25, -0.2) is 8.78 Å². The van der Waals surface area contributed by atoms with Gasteiger partial charge in [0.2, 0.25) is 0 Å². The molecule has 0 fully saturated rings. The van der Waals surface area contributed by atoms with Crippen LogP contribution in [0.3, 0.4) is 0 Å². The lowest BCUT2D eigenvalue weighted by atomic mass is 10.1. The van der Waals surface area contributed by atoms with Crippen molar-refractivity contribution in [1.82, 2.24) is 5.16 Å². The zero-order valence-corrected chi connectivity index (χ0v) is 17.4. The number of hydrogen-bond acceptors (Lipinski definition) is 6. The van der Waals surface area contributed by atoms with Crippen molar-refractivity contribution in [2.45, 2.75) is 0 Å². The first-order valence-electron chi connectivity index (χ1n) is 9.15. The van der Waals surface area contributed by atoms with Gasteiger partial charge in [0.15, 0.2) is 28.8 Å². The van der Waals surface area contributed by atoms with Gasteiger partial charge in [0, 0.05) is 29.3 Å². The molecule has 2 aromatic carbocycles. The van der Waals surface area contributed by atoms with Crippen LogP contribution in [-0.2, 0) is 0 Å². The van der Waals surface area contributed by atoms with Crippen molar-refractivity contribution in [2.75, 3.05) is 28.4 Å². The second-order valence-corrected chi connectivity index (χ2v) is 6.28. The molecule has 0 bridgehead atoms. The highest BCUT2D eigenvalue weighted by Crippen LogP contribution is 2.32. The Bertz CT molecular complexity index is 1040. The lowest BCUT2D eigenvalue weighted by Gasteiger charge is -2.08. The number of benzene rings is 2. The van der Waals surface area contributed by atoms with E-state index in [1.54, 1.807) is 18.2 Å². The average Bonchev–Trinajstić information content (AvgIpc) is 3.24. The number of aromatic nitrogens is 1. The summed E-state index contributed by atoms with van der Waals surface area (Å²) in [6, 6.07) is 7.15. The molecule has 0 spiro atoms. The summed E-state index contributed by atoms with van der Waals surface area (Å²) < 4.78 is 54.2.